The summed E-state index contributed by atoms with van der Waals surface area (Å²) in [5.74, 6) is 0.151. The predicted molar refractivity (Wildman–Crippen MR) is 86.1 cm³/mol. The number of aryl methyl sites for hydroxylation is 1. The minimum absolute atomic E-state index is 0.151. The van der Waals surface area contributed by atoms with Gasteiger partial charge in [-0.15, -0.1) is 11.3 Å². The third-order valence-corrected chi connectivity index (χ3v) is 6.57. The number of hydrogen-bond donors (Lipinski definition) is 1. The van der Waals surface area contributed by atoms with Crippen LogP contribution in [0, 0.1) is 12.8 Å². The van der Waals surface area contributed by atoms with Crippen molar-refractivity contribution >= 4 is 27.5 Å². The molecule has 0 unspecified atom stereocenters. The van der Waals surface area contributed by atoms with Gasteiger partial charge in [-0.05, 0) is 25.7 Å². The first-order valence-corrected chi connectivity index (χ1v) is 9.46. The molecule has 9 heteroatoms. The van der Waals surface area contributed by atoms with E-state index in [0.717, 1.165) is 17.7 Å². The maximum atomic E-state index is 12.0. The number of amides is 1. The summed E-state index contributed by atoms with van der Waals surface area (Å²) < 4.78 is 26.8. The fraction of sp³-hybridized carbons (Fsp3) is 0.692. The topological polar surface area (TPSA) is 82.6 Å². The van der Waals surface area contributed by atoms with Crippen LogP contribution in [0.3, 0.4) is 0 Å². The number of thiazole rings is 1. The highest BCUT2D eigenvalue weighted by atomic mass is 32.2. The van der Waals surface area contributed by atoms with Gasteiger partial charge in [0.25, 0.3) is 16.1 Å². The smallest absolute Gasteiger partial charge is 0.281 e. The standard InChI is InChI=1S/C13H22N4O3S2/c1-10-12(15-9-21-10)13(18)14-8-11-4-6-17(7-5-11)22(19,20)16(2)3/h9,11H,4-8H2,1-3H3,(H,14,18). The van der Waals surface area contributed by atoms with Gasteiger partial charge in [-0.2, -0.15) is 17.0 Å². The van der Waals surface area contributed by atoms with E-state index in [0.29, 0.717) is 31.2 Å². The molecule has 0 radical (unpaired) electrons. The maximum absolute atomic E-state index is 12.0. The van der Waals surface area contributed by atoms with Crippen molar-refractivity contribution in [3.05, 3.63) is 16.1 Å². The number of nitrogens with zero attached hydrogens (tertiary/aromatic N) is 3. The summed E-state index contributed by atoms with van der Waals surface area (Å²) in [4.78, 5) is 17.0. The summed E-state index contributed by atoms with van der Waals surface area (Å²) in [6.45, 7) is 3.43. The van der Waals surface area contributed by atoms with Gasteiger partial charge in [0.05, 0.1) is 5.51 Å². The van der Waals surface area contributed by atoms with E-state index in [4.69, 9.17) is 0 Å². The van der Waals surface area contributed by atoms with E-state index in [2.05, 4.69) is 10.3 Å². The number of piperidine rings is 1. The second kappa shape index (κ2) is 7.03. The van der Waals surface area contributed by atoms with E-state index in [-0.39, 0.29) is 5.91 Å². The summed E-state index contributed by atoms with van der Waals surface area (Å²) in [6.07, 6.45) is 1.51. The molecule has 124 valence electrons. The van der Waals surface area contributed by atoms with Gasteiger partial charge in [0.1, 0.15) is 5.69 Å². The third kappa shape index (κ3) is 3.83. The number of nitrogens with one attached hydrogen (secondary N) is 1. The molecule has 1 aromatic heterocycles. The lowest BCUT2D eigenvalue weighted by atomic mass is 9.98. The van der Waals surface area contributed by atoms with Crippen LogP contribution in [0.2, 0.25) is 0 Å². The summed E-state index contributed by atoms with van der Waals surface area (Å²) in [5.41, 5.74) is 2.15. The van der Waals surface area contributed by atoms with Crippen LogP contribution in [0.1, 0.15) is 28.2 Å². The molecule has 0 aliphatic carbocycles. The Morgan fingerprint density at radius 2 is 2.09 bits per heavy atom. The number of aromatic nitrogens is 1. The second-order valence-electron chi connectivity index (χ2n) is 5.60. The molecule has 1 aliphatic heterocycles. The maximum Gasteiger partial charge on any atom is 0.281 e. The van der Waals surface area contributed by atoms with E-state index in [1.165, 1.54) is 34.0 Å². The molecule has 7 nitrogen and oxygen atoms in total. The fourth-order valence-electron chi connectivity index (χ4n) is 2.42. The van der Waals surface area contributed by atoms with E-state index in [1.54, 1.807) is 5.51 Å². The Hall–Kier alpha value is -1.03. The normalized spacial score (nSPS) is 17.8. The monoisotopic (exact) mass is 346 g/mol. The first kappa shape index (κ1) is 17.3. The van der Waals surface area contributed by atoms with Crippen molar-refractivity contribution in [3.63, 3.8) is 0 Å². The quantitative estimate of drug-likeness (QED) is 0.851. The molecule has 1 fully saturated rings. The van der Waals surface area contributed by atoms with Crippen molar-refractivity contribution < 1.29 is 13.2 Å². The Morgan fingerprint density at radius 1 is 1.45 bits per heavy atom. The molecule has 2 heterocycles. The van der Waals surface area contributed by atoms with Crippen LogP contribution in [0.15, 0.2) is 5.51 Å². The lowest BCUT2D eigenvalue weighted by Crippen LogP contribution is -2.45. The first-order chi connectivity index (χ1) is 10.3. The lowest BCUT2D eigenvalue weighted by molar-refractivity contribution is 0.0936. The average Bonchev–Trinajstić information content (AvgIpc) is 2.91. The van der Waals surface area contributed by atoms with Crippen LogP contribution < -0.4 is 5.32 Å². The van der Waals surface area contributed by atoms with E-state index in [1.807, 2.05) is 6.92 Å². The van der Waals surface area contributed by atoms with Crippen LogP contribution in [-0.2, 0) is 10.2 Å². The number of hydrogen-bond acceptors (Lipinski definition) is 5. The summed E-state index contributed by atoms with van der Waals surface area (Å²) in [7, 11) is -0.246. The molecule has 1 amide bonds. The minimum Gasteiger partial charge on any atom is -0.350 e. The molecule has 0 atom stereocenters. The lowest BCUT2D eigenvalue weighted by Gasteiger charge is -2.32. The zero-order valence-electron chi connectivity index (χ0n) is 13.1. The van der Waals surface area contributed by atoms with E-state index in [9.17, 15) is 13.2 Å². The molecular formula is C13H22N4O3S2. The van der Waals surface area contributed by atoms with Crippen molar-refractivity contribution in [3.8, 4) is 0 Å². The van der Waals surface area contributed by atoms with Gasteiger partial charge >= 0.3 is 0 Å². The first-order valence-electron chi connectivity index (χ1n) is 7.18. The zero-order valence-corrected chi connectivity index (χ0v) is 14.7. The molecule has 1 aliphatic rings. The molecular weight excluding hydrogens is 324 g/mol. The van der Waals surface area contributed by atoms with E-state index < -0.39 is 10.2 Å². The Morgan fingerprint density at radius 3 is 2.59 bits per heavy atom. The molecule has 0 bridgehead atoms. The summed E-state index contributed by atoms with van der Waals surface area (Å²) in [5, 5.41) is 2.90. The SMILES string of the molecule is Cc1scnc1C(=O)NCC1CCN(S(=O)(=O)N(C)C)CC1. The van der Waals surface area contributed by atoms with E-state index >= 15 is 0 Å². The molecule has 0 spiro atoms. The summed E-state index contributed by atoms with van der Waals surface area (Å²) >= 11 is 1.45. The van der Waals surface area contributed by atoms with Gasteiger partial charge in [0.2, 0.25) is 0 Å². The molecule has 22 heavy (non-hydrogen) atoms. The Labute approximate surface area is 135 Å². The minimum atomic E-state index is -3.33. The molecule has 1 N–H and O–H groups in total. The Kier molecular flexibility index (Phi) is 5.54. The van der Waals surface area contributed by atoms with Gasteiger partial charge in [0.15, 0.2) is 0 Å². The Bertz CT molecular complexity index is 619. The predicted octanol–water partition coefficient (Wildman–Crippen LogP) is 0.700. The highest BCUT2D eigenvalue weighted by Crippen LogP contribution is 2.20. The van der Waals surface area contributed by atoms with Crippen molar-refractivity contribution in [2.75, 3.05) is 33.7 Å². The molecule has 0 saturated carbocycles. The van der Waals surface area contributed by atoms with Crippen LogP contribution in [0.25, 0.3) is 0 Å². The average molecular weight is 346 g/mol. The van der Waals surface area contributed by atoms with Crippen molar-refractivity contribution in [1.29, 1.82) is 0 Å². The molecule has 1 aromatic rings. The number of rotatable bonds is 5. The van der Waals surface area contributed by atoms with Gasteiger partial charge in [-0.3, -0.25) is 4.79 Å². The third-order valence-electron chi connectivity index (χ3n) is 3.87. The highest BCUT2D eigenvalue weighted by Gasteiger charge is 2.29. The van der Waals surface area contributed by atoms with Gasteiger partial charge < -0.3 is 5.32 Å². The van der Waals surface area contributed by atoms with Crippen molar-refractivity contribution in [1.82, 2.24) is 18.9 Å². The fourth-order valence-corrected chi connectivity index (χ4v) is 4.13. The highest BCUT2D eigenvalue weighted by molar-refractivity contribution is 7.86. The van der Waals surface area contributed by atoms with Crippen LogP contribution in [0.4, 0.5) is 0 Å². The zero-order chi connectivity index (χ0) is 16.3. The van der Waals surface area contributed by atoms with Gasteiger partial charge in [-0.25, -0.2) is 4.98 Å². The number of carbonyl (C=O) groups is 1. The van der Waals surface area contributed by atoms with Gasteiger partial charge in [-0.1, -0.05) is 0 Å². The summed E-state index contributed by atoms with van der Waals surface area (Å²) in [6, 6.07) is 0. The van der Waals surface area contributed by atoms with Crippen molar-refractivity contribution in [2.24, 2.45) is 5.92 Å². The van der Waals surface area contributed by atoms with Crippen LogP contribution in [-0.4, -0.2) is 61.6 Å². The van der Waals surface area contributed by atoms with Crippen molar-refractivity contribution in [2.45, 2.75) is 19.8 Å². The number of carbonyl (C=O) groups excluding carboxylic acids is 1. The molecule has 1 saturated heterocycles. The van der Waals surface area contributed by atoms with Gasteiger partial charge in [0, 0.05) is 38.6 Å². The second-order valence-corrected chi connectivity index (χ2v) is 8.80. The van der Waals surface area contributed by atoms with Crippen LogP contribution in [0.5, 0.6) is 0 Å². The van der Waals surface area contributed by atoms with Crippen LogP contribution >= 0.6 is 11.3 Å². The largest absolute Gasteiger partial charge is 0.350 e. The Balaban J connectivity index is 1.81. The molecule has 2 rings (SSSR count). The molecule has 0 aromatic carbocycles.